The van der Waals surface area contributed by atoms with Crippen LogP contribution in [-0.4, -0.2) is 23.0 Å². The van der Waals surface area contributed by atoms with E-state index in [1.165, 1.54) is 6.07 Å². The fraction of sp³-hybridized carbons (Fsp3) is 0.333. The Balaban J connectivity index is 2.57. The number of nitro groups is 1. The second-order valence-electron chi connectivity index (χ2n) is 4.83. The van der Waals surface area contributed by atoms with Gasteiger partial charge in [-0.15, -0.1) is 0 Å². The second kappa shape index (κ2) is 6.18. The van der Waals surface area contributed by atoms with Gasteiger partial charge in [-0.2, -0.15) is 5.26 Å². The average Bonchev–Trinajstić information content (AvgIpc) is 2.51. The predicted octanol–water partition coefficient (Wildman–Crippen LogP) is 3.13. The highest BCUT2D eigenvalue weighted by Crippen LogP contribution is 2.32. The number of hydrogen-bond acceptors (Lipinski definition) is 5. The molecule has 0 N–H and O–H groups in total. The van der Waals surface area contributed by atoms with Crippen LogP contribution >= 0.6 is 0 Å². The predicted molar refractivity (Wildman–Crippen MR) is 81.1 cm³/mol. The van der Waals surface area contributed by atoms with Crippen LogP contribution in [0.2, 0.25) is 0 Å². The van der Waals surface area contributed by atoms with E-state index in [2.05, 4.69) is 11.1 Å². The van der Waals surface area contributed by atoms with Gasteiger partial charge < -0.3 is 4.90 Å². The zero-order valence-electron chi connectivity index (χ0n) is 12.0. The number of aromatic nitrogens is 1. The fourth-order valence-corrected chi connectivity index (χ4v) is 2.33. The van der Waals surface area contributed by atoms with Crippen LogP contribution in [0.1, 0.15) is 13.8 Å². The molecule has 2 rings (SSSR count). The number of hydrogen-bond donors (Lipinski definition) is 0. The molecule has 0 spiro atoms. The number of nitro benzene ring substituents is 1. The van der Waals surface area contributed by atoms with Gasteiger partial charge in [0.2, 0.25) is 0 Å². The molecule has 0 radical (unpaired) electrons. The normalized spacial score (nSPS) is 11.9. The van der Waals surface area contributed by atoms with Crippen molar-refractivity contribution in [1.82, 2.24) is 4.98 Å². The third kappa shape index (κ3) is 2.92. The van der Waals surface area contributed by atoms with E-state index in [1.807, 2.05) is 24.8 Å². The molecule has 6 nitrogen and oxygen atoms in total. The number of non-ortho nitro benzene ring substituents is 1. The summed E-state index contributed by atoms with van der Waals surface area (Å²) in [5.41, 5.74) is 1.25. The Morgan fingerprint density at radius 2 is 2.24 bits per heavy atom. The maximum atomic E-state index is 11.1. The van der Waals surface area contributed by atoms with Crippen molar-refractivity contribution in [2.24, 2.45) is 5.92 Å². The molecule has 0 bridgehead atoms. The molecule has 21 heavy (non-hydrogen) atoms. The first-order valence-electron chi connectivity index (χ1n) is 6.75. The lowest BCUT2D eigenvalue weighted by Crippen LogP contribution is -2.27. The maximum absolute atomic E-state index is 11.1. The molecular weight excluding hydrogens is 268 g/mol. The molecule has 0 saturated heterocycles. The molecule has 108 valence electrons. The SMILES string of the molecule is CCN(CC(C)C#N)c1ccc([N+](=O)[O-])c2ncccc12. The van der Waals surface area contributed by atoms with E-state index in [4.69, 9.17) is 5.26 Å². The molecule has 0 aliphatic carbocycles. The minimum atomic E-state index is -0.423. The summed E-state index contributed by atoms with van der Waals surface area (Å²) in [6.07, 6.45) is 1.55. The third-order valence-electron chi connectivity index (χ3n) is 3.36. The smallest absolute Gasteiger partial charge is 0.295 e. The van der Waals surface area contributed by atoms with Crippen molar-refractivity contribution in [2.45, 2.75) is 13.8 Å². The number of anilines is 1. The van der Waals surface area contributed by atoms with Gasteiger partial charge in [-0.1, -0.05) is 0 Å². The van der Waals surface area contributed by atoms with Gasteiger partial charge in [-0.05, 0) is 32.0 Å². The monoisotopic (exact) mass is 284 g/mol. The molecule has 1 heterocycles. The quantitative estimate of drug-likeness (QED) is 0.622. The standard InChI is InChI=1S/C15H16N4O2/c1-3-18(10-11(2)9-16)13-6-7-14(19(20)21)15-12(13)5-4-8-17-15/h4-8,11H,3,10H2,1-2H3. The lowest BCUT2D eigenvalue weighted by atomic mass is 10.1. The molecule has 2 aromatic rings. The Bertz CT molecular complexity index is 708. The molecule has 1 aromatic carbocycles. The number of nitriles is 1. The second-order valence-corrected chi connectivity index (χ2v) is 4.83. The first-order valence-corrected chi connectivity index (χ1v) is 6.75. The molecule has 0 aliphatic heterocycles. The van der Waals surface area contributed by atoms with Gasteiger partial charge in [0.15, 0.2) is 0 Å². The molecule has 1 unspecified atom stereocenters. The average molecular weight is 284 g/mol. The Kier molecular flexibility index (Phi) is 4.33. The molecule has 0 fully saturated rings. The number of fused-ring (bicyclic) bond motifs is 1. The van der Waals surface area contributed by atoms with Crippen LogP contribution in [0.4, 0.5) is 11.4 Å². The van der Waals surface area contributed by atoms with Crippen LogP contribution in [0.5, 0.6) is 0 Å². The van der Waals surface area contributed by atoms with E-state index in [-0.39, 0.29) is 11.6 Å². The highest BCUT2D eigenvalue weighted by atomic mass is 16.6. The van der Waals surface area contributed by atoms with Crippen LogP contribution in [0.3, 0.4) is 0 Å². The Hall–Kier alpha value is -2.68. The molecule has 0 saturated carbocycles. The minimum Gasteiger partial charge on any atom is -0.370 e. The summed E-state index contributed by atoms with van der Waals surface area (Å²) in [6.45, 7) is 5.14. The summed E-state index contributed by atoms with van der Waals surface area (Å²) < 4.78 is 0. The lowest BCUT2D eigenvalue weighted by molar-refractivity contribution is -0.383. The first kappa shape index (κ1) is 14.7. The first-order chi connectivity index (χ1) is 10.1. The fourth-order valence-electron chi connectivity index (χ4n) is 2.33. The van der Waals surface area contributed by atoms with Crippen molar-refractivity contribution in [2.75, 3.05) is 18.0 Å². The van der Waals surface area contributed by atoms with Gasteiger partial charge >= 0.3 is 0 Å². The van der Waals surface area contributed by atoms with Gasteiger partial charge in [0.05, 0.1) is 16.9 Å². The van der Waals surface area contributed by atoms with Gasteiger partial charge in [-0.3, -0.25) is 10.1 Å². The van der Waals surface area contributed by atoms with E-state index >= 15 is 0 Å². The summed E-state index contributed by atoms with van der Waals surface area (Å²) in [7, 11) is 0. The summed E-state index contributed by atoms with van der Waals surface area (Å²) in [5, 5.41) is 20.8. The van der Waals surface area contributed by atoms with E-state index in [0.717, 1.165) is 11.1 Å². The third-order valence-corrected chi connectivity index (χ3v) is 3.36. The molecule has 6 heteroatoms. The zero-order chi connectivity index (χ0) is 15.4. The Labute approximate surface area is 122 Å². The number of pyridine rings is 1. The zero-order valence-corrected chi connectivity index (χ0v) is 12.0. The van der Waals surface area contributed by atoms with Crippen LogP contribution in [0.25, 0.3) is 10.9 Å². The van der Waals surface area contributed by atoms with Crippen LogP contribution in [0.15, 0.2) is 30.5 Å². The van der Waals surface area contributed by atoms with Crippen molar-refractivity contribution in [3.8, 4) is 6.07 Å². The topological polar surface area (TPSA) is 83.1 Å². The van der Waals surface area contributed by atoms with E-state index < -0.39 is 4.92 Å². The minimum absolute atomic E-state index is 0.00117. The summed E-state index contributed by atoms with van der Waals surface area (Å²) in [5.74, 6) is -0.119. The van der Waals surface area contributed by atoms with Crippen LogP contribution < -0.4 is 4.90 Å². The van der Waals surface area contributed by atoms with Crippen molar-refractivity contribution >= 4 is 22.3 Å². The molecule has 0 amide bonds. The van der Waals surface area contributed by atoms with Gasteiger partial charge in [-0.25, -0.2) is 4.98 Å². The van der Waals surface area contributed by atoms with Gasteiger partial charge in [0.25, 0.3) is 5.69 Å². The molecule has 0 aliphatic rings. The van der Waals surface area contributed by atoms with Crippen LogP contribution in [0, 0.1) is 27.4 Å². The van der Waals surface area contributed by atoms with Crippen molar-refractivity contribution in [1.29, 1.82) is 5.26 Å². The number of rotatable bonds is 5. The largest absolute Gasteiger partial charge is 0.370 e. The van der Waals surface area contributed by atoms with Crippen molar-refractivity contribution in [3.63, 3.8) is 0 Å². The Morgan fingerprint density at radius 1 is 1.48 bits per heavy atom. The molecule has 1 atom stereocenters. The van der Waals surface area contributed by atoms with E-state index in [1.54, 1.807) is 18.3 Å². The molecule has 1 aromatic heterocycles. The van der Waals surface area contributed by atoms with Crippen LogP contribution in [-0.2, 0) is 0 Å². The summed E-state index contributed by atoms with van der Waals surface area (Å²) in [6, 6.07) is 9.00. The number of benzene rings is 1. The van der Waals surface area contributed by atoms with Crippen molar-refractivity contribution in [3.05, 3.63) is 40.6 Å². The van der Waals surface area contributed by atoms with E-state index in [9.17, 15) is 10.1 Å². The Morgan fingerprint density at radius 3 is 2.86 bits per heavy atom. The summed E-state index contributed by atoms with van der Waals surface area (Å²) in [4.78, 5) is 16.9. The summed E-state index contributed by atoms with van der Waals surface area (Å²) >= 11 is 0. The van der Waals surface area contributed by atoms with Crippen molar-refractivity contribution < 1.29 is 4.92 Å². The van der Waals surface area contributed by atoms with E-state index in [0.29, 0.717) is 18.6 Å². The highest BCUT2D eigenvalue weighted by molar-refractivity contribution is 5.97. The maximum Gasteiger partial charge on any atom is 0.295 e. The molecular formula is C15H16N4O2. The number of nitrogens with zero attached hydrogens (tertiary/aromatic N) is 4. The highest BCUT2D eigenvalue weighted by Gasteiger charge is 2.18. The van der Waals surface area contributed by atoms with Gasteiger partial charge in [0, 0.05) is 36.4 Å². The van der Waals surface area contributed by atoms with Gasteiger partial charge in [0.1, 0.15) is 5.52 Å². The lowest BCUT2D eigenvalue weighted by Gasteiger charge is -2.25.